The van der Waals surface area contributed by atoms with E-state index in [1.54, 1.807) is 7.11 Å². The lowest BCUT2D eigenvalue weighted by Gasteiger charge is -2.28. The second-order valence-electron chi connectivity index (χ2n) is 7.32. The zero-order valence-electron chi connectivity index (χ0n) is 17.9. The summed E-state index contributed by atoms with van der Waals surface area (Å²) in [5.41, 5.74) is 1.26. The third-order valence-corrected chi connectivity index (χ3v) is 5.19. The molecule has 0 bridgehead atoms. The fraction of sp³-hybridized carbons (Fsp3) is 0.333. The van der Waals surface area contributed by atoms with Crippen LogP contribution in [0.3, 0.4) is 0 Å². The van der Waals surface area contributed by atoms with Gasteiger partial charge >= 0.3 is 0 Å². The second kappa shape index (κ2) is 10.2. The number of benzene rings is 2. The minimum atomic E-state index is -0.719. The quantitative estimate of drug-likeness (QED) is 0.479. The fourth-order valence-corrected chi connectivity index (χ4v) is 3.54. The monoisotopic (exact) mass is 428 g/mol. The zero-order chi connectivity index (χ0) is 22.4. The van der Waals surface area contributed by atoms with Gasteiger partial charge < -0.3 is 14.1 Å². The minimum absolute atomic E-state index is 0.00350. The van der Waals surface area contributed by atoms with Crippen molar-refractivity contribution in [3.63, 3.8) is 0 Å². The van der Waals surface area contributed by atoms with Gasteiger partial charge in [-0.1, -0.05) is 12.1 Å². The second-order valence-corrected chi connectivity index (χ2v) is 7.32. The van der Waals surface area contributed by atoms with E-state index in [-0.39, 0.29) is 29.7 Å². The summed E-state index contributed by atoms with van der Waals surface area (Å²) >= 11 is 0. The van der Waals surface area contributed by atoms with E-state index in [9.17, 15) is 13.6 Å². The van der Waals surface area contributed by atoms with Crippen molar-refractivity contribution in [1.29, 1.82) is 0 Å². The lowest BCUT2D eigenvalue weighted by molar-refractivity contribution is -0.133. The molecule has 1 heterocycles. The molecule has 0 N–H and O–H groups in total. The predicted octanol–water partition coefficient (Wildman–Crippen LogP) is 5.04. The third kappa shape index (κ3) is 5.69. The summed E-state index contributed by atoms with van der Waals surface area (Å²) in [7, 11) is 1.63. The first-order chi connectivity index (χ1) is 14.9. The zero-order valence-corrected chi connectivity index (χ0v) is 17.9. The van der Waals surface area contributed by atoms with Gasteiger partial charge in [-0.05, 0) is 50.1 Å². The maximum atomic E-state index is 13.9. The Balaban J connectivity index is 1.58. The van der Waals surface area contributed by atoms with Crippen molar-refractivity contribution in [3.8, 4) is 17.1 Å². The number of methoxy groups -OCH3 is 1. The molecule has 31 heavy (non-hydrogen) atoms. The Morgan fingerprint density at radius 1 is 1.19 bits per heavy atom. The topological polar surface area (TPSA) is 55.6 Å². The number of aryl methyl sites for hydroxylation is 1. The molecule has 0 spiro atoms. The van der Waals surface area contributed by atoms with E-state index in [0.717, 1.165) is 29.9 Å². The van der Waals surface area contributed by atoms with Crippen LogP contribution in [0.15, 0.2) is 53.1 Å². The predicted molar refractivity (Wildman–Crippen MR) is 114 cm³/mol. The highest BCUT2D eigenvalue weighted by Crippen LogP contribution is 2.25. The molecule has 0 aliphatic carbocycles. The number of ether oxygens (including phenoxy) is 1. The highest BCUT2D eigenvalue weighted by Gasteiger charge is 2.20. The summed E-state index contributed by atoms with van der Waals surface area (Å²) in [6.45, 7) is 4.56. The summed E-state index contributed by atoms with van der Waals surface area (Å²) < 4.78 is 37.8. The van der Waals surface area contributed by atoms with E-state index in [1.807, 2.05) is 43.0 Å². The van der Waals surface area contributed by atoms with E-state index in [1.165, 1.54) is 12.3 Å². The van der Waals surface area contributed by atoms with Crippen LogP contribution in [0.2, 0.25) is 0 Å². The molecule has 0 saturated carbocycles. The van der Waals surface area contributed by atoms with Gasteiger partial charge in [0.2, 0.25) is 5.91 Å². The fourth-order valence-electron chi connectivity index (χ4n) is 3.54. The molecule has 1 unspecified atom stereocenters. The van der Waals surface area contributed by atoms with Crippen LogP contribution in [0.1, 0.15) is 31.7 Å². The van der Waals surface area contributed by atoms with Crippen molar-refractivity contribution in [3.05, 3.63) is 71.8 Å². The first-order valence-electron chi connectivity index (χ1n) is 10.2. The number of hydrogen-bond acceptors (Lipinski definition) is 4. The molecule has 0 radical (unpaired) electrons. The van der Waals surface area contributed by atoms with Gasteiger partial charge in [-0.2, -0.15) is 0 Å². The number of halogens is 2. The Labute approximate surface area is 180 Å². The summed E-state index contributed by atoms with van der Waals surface area (Å²) in [4.78, 5) is 18.7. The summed E-state index contributed by atoms with van der Waals surface area (Å²) in [5.74, 6) is -0.0358. The molecule has 1 aromatic heterocycles. The summed E-state index contributed by atoms with van der Waals surface area (Å²) in [5, 5.41) is 0. The summed E-state index contributed by atoms with van der Waals surface area (Å²) in [6, 6.07) is 11.1. The van der Waals surface area contributed by atoms with Crippen LogP contribution in [0.5, 0.6) is 5.75 Å². The average molecular weight is 428 g/mol. The van der Waals surface area contributed by atoms with Crippen molar-refractivity contribution in [2.45, 2.75) is 39.2 Å². The number of hydrogen-bond donors (Lipinski definition) is 0. The Hall–Kier alpha value is -3.22. The molecule has 0 fully saturated rings. The lowest BCUT2D eigenvalue weighted by Crippen LogP contribution is -2.39. The van der Waals surface area contributed by atoms with E-state index in [2.05, 4.69) is 4.98 Å². The molecule has 5 nitrogen and oxygen atoms in total. The minimum Gasteiger partial charge on any atom is -0.497 e. The van der Waals surface area contributed by atoms with Gasteiger partial charge in [0, 0.05) is 31.5 Å². The highest BCUT2D eigenvalue weighted by atomic mass is 19.1. The molecule has 3 rings (SSSR count). The molecule has 7 heteroatoms. The van der Waals surface area contributed by atoms with E-state index in [4.69, 9.17) is 9.15 Å². The number of carbonyl (C=O) groups is 1. The van der Waals surface area contributed by atoms with Crippen molar-refractivity contribution in [2.75, 3.05) is 13.7 Å². The molecule has 0 aliphatic heterocycles. The van der Waals surface area contributed by atoms with Gasteiger partial charge in [-0.15, -0.1) is 0 Å². The number of amides is 1. The van der Waals surface area contributed by atoms with Crippen LogP contribution in [-0.4, -0.2) is 35.5 Å². The van der Waals surface area contributed by atoms with E-state index in [0.29, 0.717) is 18.9 Å². The van der Waals surface area contributed by atoms with Gasteiger partial charge in [0.05, 0.1) is 18.9 Å². The first-order valence-corrected chi connectivity index (χ1v) is 10.2. The Kier molecular flexibility index (Phi) is 7.39. The molecule has 3 aromatic rings. The molecule has 1 amide bonds. The highest BCUT2D eigenvalue weighted by molar-refractivity contribution is 5.76. The molecular formula is C24H26F2N2O3. The Bertz CT molecular complexity index is 1020. The van der Waals surface area contributed by atoms with Gasteiger partial charge in [-0.3, -0.25) is 4.79 Å². The lowest BCUT2D eigenvalue weighted by atomic mass is 10.1. The smallest absolute Gasteiger partial charge is 0.223 e. The van der Waals surface area contributed by atoms with Crippen LogP contribution in [0, 0.1) is 11.6 Å². The van der Waals surface area contributed by atoms with E-state index >= 15 is 0 Å². The molecular weight excluding hydrogens is 402 g/mol. The van der Waals surface area contributed by atoms with Crippen LogP contribution in [-0.2, 0) is 17.6 Å². The van der Waals surface area contributed by atoms with Gasteiger partial charge in [0.1, 0.15) is 17.4 Å². The number of carbonyl (C=O) groups excluding carboxylic acids is 1. The van der Waals surface area contributed by atoms with Crippen LogP contribution >= 0.6 is 0 Å². The SMILES string of the molecule is CCN(C(=O)CCc1ncc(-c2ccc(F)cc2F)o1)C(C)Cc1ccc(OC)cc1. The Morgan fingerprint density at radius 2 is 1.94 bits per heavy atom. The molecule has 0 saturated heterocycles. The first kappa shape index (κ1) is 22.5. The number of rotatable bonds is 9. The maximum Gasteiger partial charge on any atom is 0.223 e. The normalized spacial score (nSPS) is 11.9. The number of aromatic nitrogens is 1. The molecule has 2 aromatic carbocycles. The van der Waals surface area contributed by atoms with Crippen molar-refractivity contribution in [1.82, 2.24) is 9.88 Å². The average Bonchev–Trinajstić information content (AvgIpc) is 3.22. The van der Waals surface area contributed by atoms with Crippen LogP contribution in [0.25, 0.3) is 11.3 Å². The molecule has 164 valence electrons. The van der Waals surface area contributed by atoms with Crippen molar-refractivity contribution >= 4 is 5.91 Å². The van der Waals surface area contributed by atoms with Gasteiger partial charge in [-0.25, -0.2) is 13.8 Å². The number of oxazole rings is 1. The molecule has 0 aliphatic rings. The maximum absolute atomic E-state index is 13.9. The third-order valence-electron chi connectivity index (χ3n) is 5.19. The largest absolute Gasteiger partial charge is 0.497 e. The molecule has 1 atom stereocenters. The standard InChI is InChI=1S/C24H26F2N2O3/c1-4-28(16(2)13-17-5-8-19(30-3)9-6-17)24(29)12-11-23-27-15-22(31-23)20-10-7-18(25)14-21(20)26/h5-10,14-16H,4,11-13H2,1-3H3. The number of nitrogens with zero attached hydrogens (tertiary/aromatic N) is 2. The Morgan fingerprint density at radius 3 is 2.58 bits per heavy atom. The van der Waals surface area contributed by atoms with Gasteiger partial charge in [0.15, 0.2) is 11.7 Å². The van der Waals surface area contributed by atoms with E-state index < -0.39 is 11.6 Å². The van der Waals surface area contributed by atoms with Crippen molar-refractivity contribution < 1.29 is 22.7 Å². The van der Waals surface area contributed by atoms with Crippen molar-refractivity contribution in [2.24, 2.45) is 0 Å². The van der Waals surface area contributed by atoms with Gasteiger partial charge in [0.25, 0.3) is 0 Å². The number of likely N-dealkylation sites (N-methyl/N-ethyl adjacent to an activating group) is 1. The summed E-state index contributed by atoms with van der Waals surface area (Å²) in [6.07, 6.45) is 2.65. The van der Waals surface area contributed by atoms with Crippen LogP contribution in [0.4, 0.5) is 8.78 Å². The van der Waals surface area contributed by atoms with Crippen LogP contribution < -0.4 is 4.74 Å².